The van der Waals surface area contributed by atoms with Crippen LogP contribution >= 0.6 is 23.3 Å². The molecule has 0 bridgehead atoms. The number of rotatable bonds is 7. The summed E-state index contributed by atoms with van der Waals surface area (Å²) in [6, 6.07) is 8.87. The predicted molar refractivity (Wildman–Crippen MR) is 144 cm³/mol. The number of anilines is 3. The summed E-state index contributed by atoms with van der Waals surface area (Å²) in [5.74, 6) is 0.291. The van der Waals surface area contributed by atoms with Gasteiger partial charge in [0.25, 0.3) is 5.91 Å². The first-order valence-corrected chi connectivity index (χ1v) is 14.1. The molecule has 1 aliphatic heterocycles. The number of hydrogen-bond acceptors (Lipinski definition) is 11. The van der Waals surface area contributed by atoms with Crippen molar-refractivity contribution in [3.63, 3.8) is 0 Å². The number of halogens is 1. The monoisotopic (exact) mass is 552 g/mol. The number of carbonyl (C=O) groups excluding carboxylic acids is 1. The fourth-order valence-electron chi connectivity index (χ4n) is 4.55. The molecule has 0 spiro atoms. The highest BCUT2D eigenvalue weighted by Gasteiger charge is 2.24. The largest absolute Gasteiger partial charge is 0.378 e. The average molecular weight is 553 g/mol. The first-order valence-electron chi connectivity index (χ1n) is 12.5. The molecule has 4 aromatic rings. The Morgan fingerprint density at radius 2 is 1.87 bits per heavy atom. The molecule has 1 N–H and O–H groups in total. The van der Waals surface area contributed by atoms with Crippen molar-refractivity contribution in [1.29, 1.82) is 0 Å². The third-order valence-electron chi connectivity index (χ3n) is 6.54. The van der Waals surface area contributed by atoms with Gasteiger partial charge in [-0.15, -0.1) is 14.7 Å². The number of hydrogen-bond donors (Lipinski definition) is 1. The van der Waals surface area contributed by atoms with E-state index in [-0.39, 0.29) is 11.0 Å². The zero-order chi connectivity index (χ0) is 25.9. The van der Waals surface area contributed by atoms with Crippen LogP contribution in [0, 0.1) is 0 Å². The number of amides is 1. The van der Waals surface area contributed by atoms with Gasteiger partial charge in [0.2, 0.25) is 5.13 Å². The van der Waals surface area contributed by atoms with Crippen molar-refractivity contribution >= 4 is 56.7 Å². The average Bonchev–Trinajstić information content (AvgIpc) is 3.66. The molecule has 5 heterocycles. The van der Waals surface area contributed by atoms with E-state index in [0.29, 0.717) is 69.9 Å². The van der Waals surface area contributed by atoms with Crippen LogP contribution in [0.15, 0.2) is 47.8 Å². The molecule has 1 amide bonds. The van der Waals surface area contributed by atoms with Crippen LogP contribution in [0.25, 0.3) is 11.0 Å². The fraction of sp³-hybridized carbons (Fsp3) is 0.360. The van der Waals surface area contributed by atoms with Gasteiger partial charge in [0.1, 0.15) is 15.7 Å². The summed E-state index contributed by atoms with van der Waals surface area (Å²) in [4.78, 5) is 27.7. The van der Waals surface area contributed by atoms with Crippen LogP contribution in [0.2, 0.25) is 0 Å². The molecular weight excluding hydrogens is 527 g/mol. The van der Waals surface area contributed by atoms with Crippen molar-refractivity contribution in [2.24, 2.45) is 0 Å². The highest BCUT2D eigenvalue weighted by atomic mass is 32.2. The Balaban J connectivity index is 1.12. The van der Waals surface area contributed by atoms with Crippen LogP contribution in [0.4, 0.5) is 21.0 Å². The maximum atomic E-state index is 14.9. The number of carbonyl (C=O) groups is 1. The van der Waals surface area contributed by atoms with Gasteiger partial charge in [0.05, 0.1) is 48.0 Å². The van der Waals surface area contributed by atoms with Crippen LogP contribution in [-0.4, -0.2) is 62.3 Å². The van der Waals surface area contributed by atoms with Crippen LogP contribution in [0.3, 0.4) is 0 Å². The number of fused-ring (bicyclic) bond motifs is 1. The van der Waals surface area contributed by atoms with E-state index in [9.17, 15) is 9.28 Å². The van der Waals surface area contributed by atoms with E-state index in [4.69, 9.17) is 4.74 Å². The quantitative estimate of drug-likeness (QED) is 0.244. The second kappa shape index (κ2) is 11.1. The van der Waals surface area contributed by atoms with E-state index in [1.54, 1.807) is 41.6 Å². The molecule has 0 atom stereocenters. The maximum Gasteiger partial charge on any atom is 0.272 e. The van der Waals surface area contributed by atoms with Crippen molar-refractivity contribution in [1.82, 2.24) is 30.0 Å². The Kier molecular flexibility index (Phi) is 7.29. The molecule has 0 unspecified atom stereocenters. The van der Waals surface area contributed by atoms with Gasteiger partial charge in [-0.25, -0.2) is 9.97 Å². The summed E-state index contributed by atoms with van der Waals surface area (Å²) >= 11 is 2.15. The van der Waals surface area contributed by atoms with Crippen LogP contribution in [-0.2, 0) is 4.74 Å². The molecule has 0 radical (unpaired) electrons. The molecule has 196 valence electrons. The summed E-state index contributed by atoms with van der Waals surface area (Å²) in [6.45, 7) is 2.22. The van der Waals surface area contributed by atoms with E-state index in [2.05, 4.69) is 30.5 Å². The standard InChI is InChI=1S/C25H25FN8O2S2/c26-34(25-32-31-23(37-25)16-3-1-2-4-16)38-22-8-7-19-21(30-22)13-18(15-27-19)29-17-5-6-20(28-14-17)24(35)33-9-11-36-12-10-33/h5-8,13-16,29H,1-4,9-12H2. The van der Waals surface area contributed by atoms with Crippen molar-refractivity contribution in [2.45, 2.75) is 36.6 Å². The molecule has 1 aliphatic carbocycles. The molecular formula is C25H25FN8O2S2. The van der Waals surface area contributed by atoms with Gasteiger partial charge in [0.15, 0.2) is 0 Å². The summed E-state index contributed by atoms with van der Waals surface area (Å²) < 4.78 is 20.7. The molecule has 10 nitrogen and oxygen atoms in total. The van der Waals surface area contributed by atoms with Gasteiger partial charge in [-0.1, -0.05) is 28.7 Å². The van der Waals surface area contributed by atoms with Crippen LogP contribution < -0.4 is 9.84 Å². The second-order valence-electron chi connectivity index (χ2n) is 9.11. The SMILES string of the molecule is O=C(c1ccc(Nc2cnc3ccc(SN(F)c4nnc(C5CCCC5)s4)nc3c2)cn1)N1CCOCC1. The highest BCUT2D eigenvalue weighted by molar-refractivity contribution is 8.00. The smallest absolute Gasteiger partial charge is 0.272 e. The lowest BCUT2D eigenvalue weighted by molar-refractivity contribution is 0.0299. The first kappa shape index (κ1) is 24.9. The molecule has 1 saturated carbocycles. The van der Waals surface area contributed by atoms with E-state index in [0.717, 1.165) is 29.8 Å². The first-order chi connectivity index (χ1) is 18.6. The Morgan fingerprint density at radius 1 is 1.05 bits per heavy atom. The number of morpholine rings is 1. The van der Waals surface area contributed by atoms with Gasteiger partial charge in [-0.2, -0.15) is 0 Å². The predicted octanol–water partition coefficient (Wildman–Crippen LogP) is 5.15. The number of nitrogens with zero attached hydrogens (tertiary/aromatic N) is 7. The number of aromatic nitrogens is 5. The number of ether oxygens (including phenoxy) is 1. The summed E-state index contributed by atoms with van der Waals surface area (Å²) in [7, 11) is 0. The van der Waals surface area contributed by atoms with Crippen molar-refractivity contribution < 1.29 is 14.0 Å². The Labute approximate surface area is 226 Å². The molecule has 1 saturated heterocycles. The minimum absolute atomic E-state index is 0.105. The maximum absolute atomic E-state index is 14.9. The lowest BCUT2D eigenvalue weighted by atomic mass is 10.1. The summed E-state index contributed by atoms with van der Waals surface area (Å²) in [5, 5.41) is 13.1. The molecule has 4 aromatic heterocycles. The lowest BCUT2D eigenvalue weighted by Crippen LogP contribution is -2.41. The van der Waals surface area contributed by atoms with Crippen LogP contribution in [0.5, 0.6) is 0 Å². The lowest BCUT2D eigenvalue weighted by Gasteiger charge is -2.26. The molecule has 13 heteroatoms. The van der Waals surface area contributed by atoms with Gasteiger partial charge in [-0.05, 0) is 43.2 Å². The van der Waals surface area contributed by atoms with Crippen LogP contribution in [0.1, 0.15) is 47.1 Å². The third-order valence-corrected chi connectivity index (χ3v) is 8.45. The second-order valence-corrected chi connectivity index (χ2v) is 11.0. The van der Waals surface area contributed by atoms with Crippen molar-refractivity contribution in [2.75, 3.05) is 36.1 Å². The van der Waals surface area contributed by atoms with E-state index in [1.165, 1.54) is 24.2 Å². The van der Waals surface area contributed by atoms with Gasteiger partial charge >= 0.3 is 0 Å². The molecule has 0 aromatic carbocycles. The van der Waals surface area contributed by atoms with Crippen molar-refractivity contribution in [3.05, 3.63) is 53.4 Å². The Bertz CT molecular complexity index is 1420. The normalized spacial score (nSPS) is 16.2. The zero-order valence-electron chi connectivity index (χ0n) is 20.4. The van der Waals surface area contributed by atoms with Gasteiger partial charge in [0, 0.05) is 31.0 Å². The minimum Gasteiger partial charge on any atom is -0.378 e. The molecule has 2 fully saturated rings. The molecule has 6 rings (SSSR count). The van der Waals surface area contributed by atoms with Gasteiger partial charge < -0.3 is 15.0 Å². The summed E-state index contributed by atoms with van der Waals surface area (Å²) in [5.41, 5.74) is 3.10. The van der Waals surface area contributed by atoms with E-state index < -0.39 is 0 Å². The molecule has 2 aliphatic rings. The summed E-state index contributed by atoms with van der Waals surface area (Å²) in [6.07, 6.45) is 7.87. The Morgan fingerprint density at radius 3 is 2.66 bits per heavy atom. The van der Waals surface area contributed by atoms with Crippen molar-refractivity contribution in [3.8, 4) is 0 Å². The highest BCUT2D eigenvalue weighted by Crippen LogP contribution is 2.39. The number of pyridine rings is 3. The topological polar surface area (TPSA) is 109 Å². The Hall–Kier alpha value is -3.42. The third kappa shape index (κ3) is 5.54. The molecule has 38 heavy (non-hydrogen) atoms. The zero-order valence-corrected chi connectivity index (χ0v) is 22.1. The minimum atomic E-state index is -0.105. The van der Waals surface area contributed by atoms with E-state index in [1.807, 2.05) is 6.07 Å². The number of nitrogens with one attached hydrogen (secondary N) is 1. The van der Waals surface area contributed by atoms with E-state index >= 15 is 0 Å². The fourth-order valence-corrected chi connectivity index (χ4v) is 6.15. The van der Waals surface area contributed by atoms with Gasteiger partial charge in [-0.3, -0.25) is 9.78 Å².